The average Bonchev–Trinajstić information content (AvgIpc) is 2.35. The second kappa shape index (κ2) is 5.48. The molecule has 1 amide bonds. The lowest BCUT2D eigenvalue weighted by atomic mass is 9.98. The number of amides is 1. The average molecular weight is 255 g/mol. The molecule has 0 aromatic heterocycles. The second-order valence-electron chi connectivity index (χ2n) is 3.55. The minimum absolute atomic E-state index is 0.116. The molecule has 0 aliphatic rings. The van der Waals surface area contributed by atoms with E-state index in [0.717, 1.165) is 0 Å². The predicted octanol–water partition coefficient (Wildman–Crippen LogP) is -0.727. The van der Waals surface area contributed by atoms with E-state index < -0.39 is 24.1 Å². The Morgan fingerprint density at radius 2 is 1.94 bits per heavy atom. The number of aromatic carboxylic acids is 1. The van der Waals surface area contributed by atoms with Gasteiger partial charge >= 0.3 is 5.97 Å². The first-order valence-corrected chi connectivity index (χ1v) is 4.95. The third kappa shape index (κ3) is 2.76. The maximum atomic E-state index is 11.0. The van der Waals surface area contributed by atoms with Crippen molar-refractivity contribution < 1.29 is 29.6 Å². The molecule has 2 unspecified atom stereocenters. The van der Waals surface area contributed by atoms with Gasteiger partial charge < -0.3 is 25.8 Å². The zero-order chi connectivity index (χ0) is 13.9. The van der Waals surface area contributed by atoms with Crippen LogP contribution in [0.1, 0.15) is 22.0 Å². The lowest BCUT2D eigenvalue weighted by Crippen LogP contribution is -2.34. The Bertz CT molecular complexity index is 473. The van der Waals surface area contributed by atoms with Gasteiger partial charge in [-0.2, -0.15) is 0 Å². The first kappa shape index (κ1) is 13.9. The van der Waals surface area contributed by atoms with E-state index in [2.05, 4.69) is 0 Å². The number of nitrogens with two attached hydrogens (primary N) is 1. The monoisotopic (exact) mass is 255 g/mol. The Hall–Kier alpha value is -2.12. The van der Waals surface area contributed by atoms with Gasteiger partial charge in [0.1, 0.15) is 11.9 Å². The van der Waals surface area contributed by atoms with Crippen LogP contribution in [0.25, 0.3) is 0 Å². The molecule has 0 fully saturated rings. The number of carboxylic acids is 1. The zero-order valence-electron chi connectivity index (χ0n) is 9.53. The molecule has 7 nitrogen and oxygen atoms in total. The largest absolute Gasteiger partial charge is 0.497 e. The van der Waals surface area contributed by atoms with E-state index in [-0.39, 0.29) is 16.9 Å². The van der Waals surface area contributed by atoms with Gasteiger partial charge in [-0.25, -0.2) is 4.79 Å². The summed E-state index contributed by atoms with van der Waals surface area (Å²) in [6, 6.07) is 3.83. The summed E-state index contributed by atoms with van der Waals surface area (Å²) in [6.45, 7) is 0. The fraction of sp³-hybridized carbons (Fsp3) is 0.273. The Morgan fingerprint density at radius 3 is 2.39 bits per heavy atom. The van der Waals surface area contributed by atoms with Crippen LogP contribution in [0.4, 0.5) is 0 Å². The van der Waals surface area contributed by atoms with Gasteiger partial charge in [0.15, 0.2) is 6.10 Å². The summed E-state index contributed by atoms with van der Waals surface area (Å²) in [6.07, 6.45) is -3.59. The van der Waals surface area contributed by atoms with Crippen molar-refractivity contribution in [3.8, 4) is 5.75 Å². The normalized spacial score (nSPS) is 13.7. The number of hydrogen-bond acceptors (Lipinski definition) is 5. The summed E-state index contributed by atoms with van der Waals surface area (Å²) in [7, 11) is 1.36. The Labute approximate surface area is 102 Å². The number of aliphatic hydroxyl groups excluding tert-OH is 2. The van der Waals surface area contributed by atoms with Crippen molar-refractivity contribution in [1.82, 2.24) is 0 Å². The van der Waals surface area contributed by atoms with Crippen LogP contribution >= 0.6 is 0 Å². The van der Waals surface area contributed by atoms with Crippen LogP contribution < -0.4 is 10.5 Å². The molecule has 7 heteroatoms. The van der Waals surface area contributed by atoms with Crippen molar-refractivity contribution >= 4 is 11.9 Å². The smallest absolute Gasteiger partial charge is 0.336 e. The number of hydrogen-bond donors (Lipinski definition) is 4. The highest BCUT2D eigenvalue weighted by Crippen LogP contribution is 2.25. The fourth-order valence-electron chi connectivity index (χ4n) is 1.43. The quantitative estimate of drug-likeness (QED) is 0.549. The van der Waals surface area contributed by atoms with Crippen molar-refractivity contribution in [2.24, 2.45) is 5.73 Å². The number of methoxy groups -OCH3 is 1. The lowest BCUT2D eigenvalue weighted by Gasteiger charge is -2.17. The summed E-state index contributed by atoms with van der Waals surface area (Å²) >= 11 is 0. The fourth-order valence-corrected chi connectivity index (χ4v) is 1.43. The number of ether oxygens (including phenoxy) is 1. The van der Waals surface area contributed by atoms with Crippen molar-refractivity contribution in [1.29, 1.82) is 0 Å². The summed E-state index contributed by atoms with van der Waals surface area (Å²) < 4.78 is 4.85. The maximum absolute atomic E-state index is 11.0. The first-order chi connectivity index (χ1) is 8.38. The van der Waals surface area contributed by atoms with Gasteiger partial charge in [0.05, 0.1) is 12.7 Å². The number of carboxylic acid groups (broad SMARTS) is 1. The van der Waals surface area contributed by atoms with Crippen LogP contribution in [-0.2, 0) is 4.79 Å². The Morgan fingerprint density at radius 1 is 1.33 bits per heavy atom. The third-order valence-electron chi connectivity index (χ3n) is 2.40. The molecule has 0 radical (unpaired) electrons. The molecule has 2 atom stereocenters. The van der Waals surface area contributed by atoms with Gasteiger partial charge in [-0.05, 0) is 17.7 Å². The molecule has 5 N–H and O–H groups in total. The summed E-state index contributed by atoms with van der Waals surface area (Å²) in [5, 5.41) is 28.0. The predicted molar refractivity (Wildman–Crippen MR) is 60.1 cm³/mol. The SMILES string of the molecule is COc1ccc(C(O)C(O)C(N)=O)c(C(=O)O)c1. The molecule has 0 aliphatic heterocycles. The van der Waals surface area contributed by atoms with E-state index in [4.69, 9.17) is 15.6 Å². The van der Waals surface area contributed by atoms with Crippen LogP contribution in [-0.4, -0.2) is 40.4 Å². The number of aliphatic hydroxyl groups is 2. The summed E-state index contributed by atoms with van der Waals surface area (Å²) in [5.74, 6) is -2.19. The highest BCUT2D eigenvalue weighted by Gasteiger charge is 2.27. The standard InChI is InChI=1S/C11H13NO6/c1-18-5-2-3-6(7(4-5)11(16)17)8(13)9(14)10(12)15/h2-4,8-9,13-14H,1H3,(H2,12,15)(H,16,17). The maximum Gasteiger partial charge on any atom is 0.336 e. The number of primary amides is 1. The van der Waals surface area contributed by atoms with Crippen molar-refractivity contribution in [3.05, 3.63) is 29.3 Å². The van der Waals surface area contributed by atoms with E-state index in [9.17, 15) is 19.8 Å². The first-order valence-electron chi connectivity index (χ1n) is 4.95. The molecule has 98 valence electrons. The van der Waals surface area contributed by atoms with Crippen LogP contribution in [0.3, 0.4) is 0 Å². The van der Waals surface area contributed by atoms with Gasteiger partial charge in [0, 0.05) is 0 Å². The molecule has 1 rings (SSSR count). The van der Waals surface area contributed by atoms with Crippen LogP contribution in [0.15, 0.2) is 18.2 Å². The van der Waals surface area contributed by atoms with E-state index >= 15 is 0 Å². The molecule has 0 spiro atoms. The molecular weight excluding hydrogens is 242 g/mol. The molecule has 0 bridgehead atoms. The lowest BCUT2D eigenvalue weighted by molar-refractivity contribution is -0.132. The van der Waals surface area contributed by atoms with Gasteiger partial charge in [0.2, 0.25) is 5.91 Å². The van der Waals surface area contributed by atoms with E-state index in [1.54, 1.807) is 0 Å². The third-order valence-corrected chi connectivity index (χ3v) is 2.40. The second-order valence-corrected chi connectivity index (χ2v) is 3.55. The summed E-state index contributed by atoms with van der Waals surface area (Å²) in [4.78, 5) is 21.8. The van der Waals surface area contributed by atoms with Crippen molar-refractivity contribution in [2.45, 2.75) is 12.2 Å². The number of carbonyl (C=O) groups excluding carboxylic acids is 1. The van der Waals surface area contributed by atoms with Crippen LogP contribution in [0.5, 0.6) is 5.75 Å². The molecular formula is C11H13NO6. The minimum atomic E-state index is -1.88. The van der Waals surface area contributed by atoms with Gasteiger partial charge in [-0.1, -0.05) is 6.07 Å². The molecule has 0 saturated heterocycles. The van der Waals surface area contributed by atoms with Crippen molar-refractivity contribution in [3.63, 3.8) is 0 Å². The highest BCUT2D eigenvalue weighted by molar-refractivity contribution is 5.90. The van der Waals surface area contributed by atoms with E-state index in [1.807, 2.05) is 0 Å². The Balaban J connectivity index is 3.23. The number of benzene rings is 1. The van der Waals surface area contributed by atoms with Gasteiger partial charge in [-0.15, -0.1) is 0 Å². The molecule has 0 heterocycles. The molecule has 18 heavy (non-hydrogen) atoms. The summed E-state index contributed by atoms with van der Waals surface area (Å²) in [5.41, 5.74) is 4.44. The zero-order valence-corrected chi connectivity index (χ0v) is 9.53. The molecule has 0 saturated carbocycles. The van der Waals surface area contributed by atoms with Crippen molar-refractivity contribution in [2.75, 3.05) is 7.11 Å². The van der Waals surface area contributed by atoms with Gasteiger partial charge in [-0.3, -0.25) is 4.79 Å². The molecule has 1 aromatic rings. The Kier molecular flexibility index (Phi) is 4.24. The highest BCUT2D eigenvalue weighted by atomic mass is 16.5. The van der Waals surface area contributed by atoms with Crippen LogP contribution in [0, 0.1) is 0 Å². The van der Waals surface area contributed by atoms with E-state index in [0.29, 0.717) is 0 Å². The van der Waals surface area contributed by atoms with Gasteiger partial charge in [0.25, 0.3) is 0 Å². The molecule has 1 aromatic carbocycles. The number of rotatable bonds is 5. The molecule has 0 aliphatic carbocycles. The number of carbonyl (C=O) groups is 2. The van der Waals surface area contributed by atoms with E-state index in [1.165, 1.54) is 25.3 Å². The van der Waals surface area contributed by atoms with Crippen LogP contribution in [0.2, 0.25) is 0 Å². The topological polar surface area (TPSA) is 130 Å². The minimum Gasteiger partial charge on any atom is -0.497 e.